The summed E-state index contributed by atoms with van der Waals surface area (Å²) in [6.07, 6.45) is 0. The van der Waals surface area contributed by atoms with E-state index in [4.69, 9.17) is 29.9 Å². The van der Waals surface area contributed by atoms with Crippen LogP contribution in [-0.4, -0.2) is 96.3 Å². The van der Waals surface area contributed by atoms with Crippen LogP contribution in [-0.2, 0) is 0 Å². The van der Waals surface area contributed by atoms with Crippen molar-refractivity contribution in [3.05, 3.63) is 72.8 Å². The van der Waals surface area contributed by atoms with E-state index in [-0.39, 0.29) is 0 Å². The van der Waals surface area contributed by atoms with Gasteiger partial charge in [-0.2, -0.15) is 0 Å². The predicted molar refractivity (Wildman–Crippen MR) is 213 cm³/mol. The van der Waals surface area contributed by atoms with Gasteiger partial charge in [0.15, 0.2) is 23.3 Å². The van der Waals surface area contributed by atoms with Crippen molar-refractivity contribution < 1.29 is 0 Å². The molecule has 4 aromatic carbocycles. The maximum Gasteiger partial charge on any atom is 0.164 e. The number of aromatic nitrogens is 8. The van der Waals surface area contributed by atoms with Crippen LogP contribution >= 0.6 is 0 Å². The zero-order valence-corrected chi connectivity index (χ0v) is 30.4. The van der Waals surface area contributed by atoms with Crippen LogP contribution in [0.3, 0.4) is 0 Å². The Kier molecular flexibility index (Phi) is 6.94. The van der Waals surface area contributed by atoms with Crippen molar-refractivity contribution in [1.82, 2.24) is 39.9 Å². The van der Waals surface area contributed by atoms with Gasteiger partial charge in [-0.1, -0.05) is 0 Å². The van der Waals surface area contributed by atoms with Crippen molar-refractivity contribution in [1.29, 1.82) is 0 Å². The highest BCUT2D eigenvalue weighted by Crippen LogP contribution is 2.40. The Morgan fingerprint density at radius 2 is 0.635 bits per heavy atom. The molecule has 0 saturated heterocycles. The quantitative estimate of drug-likeness (QED) is 0.198. The van der Waals surface area contributed by atoms with Crippen molar-refractivity contribution >= 4 is 66.9 Å². The Morgan fingerprint density at radius 3 is 1.00 bits per heavy atom. The first kappa shape index (κ1) is 31.4. The molecule has 12 heteroatoms. The van der Waals surface area contributed by atoms with E-state index in [0.717, 1.165) is 66.5 Å². The lowest BCUT2D eigenvalue weighted by Gasteiger charge is -2.13. The molecule has 0 spiro atoms. The summed E-state index contributed by atoms with van der Waals surface area (Å²) in [5.41, 5.74) is 10.4. The highest BCUT2D eigenvalue weighted by Gasteiger charge is 2.24. The van der Waals surface area contributed by atoms with E-state index in [1.165, 1.54) is 0 Å². The lowest BCUT2D eigenvalue weighted by atomic mass is 10.1. The fourth-order valence-corrected chi connectivity index (χ4v) is 6.86. The summed E-state index contributed by atoms with van der Waals surface area (Å²) in [5.74, 6) is 2.28. The molecule has 5 heterocycles. The van der Waals surface area contributed by atoms with E-state index >= 15 is 0 Å². The molecule has 52 heavy (non-hydrogen) atoms. The van der Waals surface area contributed by atoms with Gasteiger partial charge in [0.05, 0.1) is 0 Å². The van der Waals surface area contributed by atoms with Gasteiger partial charge in [0, 0.05) is 123 Å². The summed E-state index contributed by atoms with van der Waals surface area (Å²) in [4.78, 5) is 46.5. The van der Waals surface area contributed by atoms with Gasteiger partial charge in [0.25, 0.3) is 0 Å². The molecule has 2 aliphatic rings. The average molecular weight is 687 g/mol. The third-order valence-electron chi connectivity index (χ3n) is 9.83. The van der Waals surface area contributed by atoms with E-state index < -0.39 is 0 Å². The maximum atomic E-state index is 5.23. The minimum absolute atomic E-state index is 0.570. The second kappa shape index (κ2) is 11.5. The monoisotopic (exact) mass is 686 g/mol. The zero-order chi connectivity index (χ0) is 36.0. The summed E-state index contributed by atoms with van der Waals surface area (Å²) in [5, 5.41) is 3.72. The van der Waals surface area contributed by atoms with Gasteiger partial charge in [-0.25, -0.2) is 29.9 Å². The third-order valence-corrected chi connectivity index (χ3v) is 9.83. The molecular weight excluding hydrogens is 649 g/mol. The van der Waals surface area contributed by atoms with Gasteiger partial charge >= 0.3 is 0 Å². The summed E-state index contributed by atoms with van der Waals surface area (Å²) < 4.78 is 0. The fourth-order valence-electron chi connectivity index (χ4n) is 6.86. The molecule has 2 N–H and O–H groups in total. The minimum Gasteiger partial charge on any atom is -0.378 e. The Hall–Kier alpha value is -6.56. The molecule has 0 fully saturated rings. The molecule has 8 bridgehead atoms. The number of nitrogens with one attached hydrogen (secondary N) is 2. The average Bonchev–Trinajstić information content (AvgIpc) is 3.85. The van der Waals surface area contributed by atoms with Crippen molar-refractivity contribution in [2.24, 2.45) is 0 Å². The van der Waals surface area contributed by atoms with Crippen LogP contribution in [0.2, 0.25) is 0 Å². The first-order chi connectivity index (χ1) is 25.0. The highest BCUT2D eigenvalue weighted by molar-refractivity contribution is 6.08. The number of nitrogens with zero attached hydrogens (tertiary/aromatic N) is 10. The van der Waals surface area contributed by atoms with Crippen molar-refractivity contribution in [2.45, 2.75) is 0 Å². The molecule has 12 nitrogen and oxygen atoms in total. The number of hydrogen-bond donors (Lipinski definition) is 2. The summed E-state index contributed by atoms with van der Waals surface area (Å²) >= 11 is 0. The number of fused-ring (bicyclic) bond motifs is 20. The molecular formula is C40H38N12. The molecule has 2 aliphatic heterocycles. The topological polar surface area (TPSA) is 122 Å². The van der Waals surface area contributed by atoms with Gasteiger partial charge in [-0.3, -0.25) is 0 Å². The maximum absolute atomic E-state index is 5.23. The van der Waals surface area contributed by atoms with Gasteiger partial charge < -0.3 is 29.6 Å². The summed E-state index contributed by atoms with van der Waals surface area (Å²) in [7, 11) is 16.2. The van der Waals surface area contributed by atoms with E-state index in [0.29, 0.717) is 45.9 Å². The molecule has 7 aromatic rings. The van der Waals surface area contributed by atoms with Crippen LogP contribution in [0.15, 0.2) is 72.8 Å². The third kappa shape index (κ3) is 4.97. The molecule has 9 rings (SSSR count). The zero-order valence-electron chi connectivity index (χ0n) is 30.4. The van der Waals surface area contributed by atoms with Crippen molar-refractivity contribution in [3.8, 4) is 45.6 Å². The molecule has 0 saturated carbocycles. The van der Waals surface area contributed by atoms with Gasteiger partial charge in [0.1, 0.15) is 22.6 Å². The van der Waals surface area contributed by atoms with E-state index in [1.807, 2.05) is 56.4 Å². The SMILES string of the molecule is CN(C)c1ccc2c(c1)-c1nc-2nc2[nH]c(nc3nc(nc4[nH]c(n1)c1cc(N(C)C)ccc41)-c1ccc(N(C)C)cc1-3)c1cc(N(C)C)ccc21. The number of rotatable bonds is 4. The normalized spacial score (nSPS) is 11.8. The van der Waals surface area contributed by atoms with E-state index in [2.05, 4.69) is 102 Å². The molecule has 3 aromatic heterocycles. The molecule has 258 valence electrons. The summed E-state index contributed by atoms with van der Waals surface area (Å²) in [6, 6.07) is 25.2. The molecule has 0 radical (unpaired) electrons. The van der Waals surface area contributed by atoms with Crippen LogP contribution < -0.4 is 19.6 Å². The Balaban J connectivity index is 1.47. The van der Waals surface area contributed by atoms with Gasteiger partial charge in [-0.15, -0.1) is 0 Å². The number of hydrogen-bond acceptors (Lipinski definition) is 10. The van der Waals surface area contributed by atoms with Crippen molar-refractivity contribution in [2.75, 3.05) is 76.0 Å². The van der Waals surface area contributed by atoms with Crippen LogP contribution in [0.5, 0.6) is 0 Å². The van der Waals surface area contributed by atoms with Crippen LogP contribution in [0, 0.1) is 0 Å². The van der Waals surface area contributed by atoms with Crippen LogP contribution in [0.1, 0.15) is 0 Å². The highest BCUT2D eigenvalue weighted by atomic mass is 15.1. The fraction of sp³-hybridized carbons (Fsp3) is 0.200. The first-order valence-corrected chi connectivity index (χ1v) is 17.1. The Bertz CT molecular complexity index is 2580. The Morgan fingerprint density at radius 1 is 0.327 bits per heavy atom. The van der Waals surface area contributed by atoms with Crippen LogP contribution in [0.4, 0.5) is 22.7 Å². The number of benzene rings is 4. The van der Waals surface area contributed by atoms with E-state index in [9.17, 15) is 0 Å². The number of H-pyrrole nitrogens is 2. The smallest absolute Gasteiger partial charge is 0.164 e. The number of aromatic amines is 2. The molecule has 0 amide bonds. The second-order valence-electron chi connectivity index (χ2n) is 14.1. The van der Waals surface area contributed by atoms with Crippen molar-refractivity contribution in [3.63, 3.8) is 0 Å². The Labute approximate surface area is 300 Å². The van der Waals surface area contributed by atoms with Crippen LogP contribution in [0.25, 0.3) is 89.7 Å². The van der Waals surface area contributed by atoms with Gasteiger partial charge in [0.2, 0.25) is 0 Å². The first-order valence-electron chi connectivity index (χ1n) is 17.1. The summed E-state index contributed by atoms with van der Waals surface area (Å²) in [6.45, 7) is 0. The molecule has 0 unspecified atom stereocenters. The molecule has 0 aliphatic carbocycles. The second-order valence-corrected chi connectivity index (χ2v) is 14.1. The lowest BCUT2D eigenvalue weighted by molar-refractivity contribution is 1.13. The molecule has 0 atom stereocenters. The minimum atomic E-state index is 0.570. The van der Waals surface area contributed by atoms with Gasteiger partial charge in [-0.05, 0) is 72.8 Å². The largest absolute Gasteiger partial charge is 0.378 e. The standard InChI is InChI=1S/C40H38N12/c1-49(2)21-9-13-25-29(17-21)37-43-33(25)41-34-27-15-11-23(51(5)6)19-31(27)39(45-34)48-40-32-20-24(52(7)8)12-16-28(32)36(46-40)42-35-26-14-10-22(50(3)4)18-30(26)38(44-35)47-37/h9-20H,1-8H3,(H2,41,42,43,44,45,46,47,48). The predicted octanol–water partition coefficient (Wildman–Crippen LogP) is 7.13. The lowest BCUT2D eigenvalue weighted by Crippen LogP contribution is -2.08. The number of anilines is 4. The van der Waals surface area contributed by atoms with E-state index in [1.54, 1.807) is 0 Å².